The lowest BCUT2D eigenvalue weighted by molar-refractivity contribution is 0.396. The van der Waals surface area contributed by atoms with Crippen LogP contribution in [0, 0.1) is 5.82 Å². The number of nitrogens with zero attached hydrogens (tertiary/aromatic N) is 3. The molecule has 0 saturated carbocycles. The molecule has 0 atom stereocenters. The number of halogens is 1. The zero-order chi connectivity index (χ0) is 19.2. The highest BCUT2D eigenvalue weighted by Crippen LogP contribution is 2.34. The first kappa shape index (κ1) is 18.3. The molecule has 0 unspecified atom stereocenters. The van der Waals surface area contributed by atoms with E-state index in [2.05, 4.69) is 4.98 Å². The van der Waals surface area contributed by atoms with Gasteiger partial charge in [-0.15, -0.1) is 11.3 Å². The van der Waals surface area contributed by atoms with E-state index in [4.69, 9.17) is 0 Å². The average molecular weight is 407 g/mol. The summed E-state index contributed by atoms with van der Waals surface area (Å²) in [5.74, 6) is -0.478. The Morgan fingerprint density at radius 2 is 2.00 bits per heavy atom. The zero-order valence-electron chi connectivity index (χ0n) is 14.7. The Bertz CT molecular complexity index is 1170. The molecule has 4 rings (SSSR count). The predicted molar refractivity (Wildman–Crippen MR) is 102 cm³/mol. The maximum absolute atomic E-state index is 13.1. The van der Waals surface area contributed by atoms with E-state index < -0.39 is 15.8 Å². The van der Waals surface area contributed by atoms with Crippen LogP contribution in [-0.4, -0.2) is 28.8 Å². The molecule has 2 aromatic heterocycles. The van der Waals surface area contributed by atoms with Crippen LogP contribution in [0.5, 0.6) is 0 Å². The van der Waals surface area contributed by atoms with Crippen LogP contribution in [0.3, 0.4) is 0 Å². The standard InChI is InChI=1S/C18H18FN3O3S2/c1-2-8-21-11-20-17-16(18(21)23)14-7-9-22(10-15(14)26-17)27(24,25)13-5-3-12(19)4-6-13/h3-6,11H,2,7-10H2,1H3. The third kappa shape index (κ3) is 3.09. The minimum atomic E-state index is -3.72. The zero-order valence-corrected chi connectivity index (χ0v) is 16.3. The topological polar surface area (TPSA) is 72.3 Å². The van der Waals surface area contributed by atoms with Gasteiger partial charge in [0, 0.05) is 24.5 Å². The van der Waals surface area contributed by atoms with Crippen LogP contribution in [-0.2, 0) is 29.5 Å². The first-order chi connectivity index (χ1) is 12.9. The third-order valence-electron chi connectivity index (χ3n) is 4.71. The van der Waals surface area contributed by atoms with E-state index in [0.717, 1.165) is 29.0 Å². The molecule has 0 bridgehead atoms. The fraction of sp³-hybridized carbons (Fsp3) is 0.333. The van der Waals surface area contributed by atoms with Crippen molar-refractivity contribution >= 4 is 31.6 Å². The van der Waals surface area contributed by atoms with Gasteiger partial charge in [0.1, 0.15) is 10.6 Å². The number of hydrogen-bond acceptors (Lipinski definition) is 5. The number of aryl methyl sites for hydroxylation is 1. The van der Waals surface area contributed by atoms with Crippen LogP contribution in [0.2, 0.25) is 0 Å². The Morgan fingerprint density at radius 1 is 1.26 bits per heavy atom. The van der Waals surface area contributed by atoms with Crippen molar-refractivity contribution in [2.45, 2.75) is 37.8 Å². The second kappa shape index (κ2) is 6.81. The van der Waals surface area contributed by atoms with Crippen LogP contribution < -0.4 is 5.56 Å². The molecule has 0 aliphatic carbocycles. The Labute approximate surface area is 159 Å². The monoisotopic (exact) mass is 407 g/mol. The molecular weight excluding hydrogens is 389 g/mol. The van der Waals surface area contributed by atoms with Crippen LogP contribution in [0.1, 0.15) is 23.8 Å². The molecule has 1 aliphatic heterocycles. The Balaban J connectivity index is 1.72. The second-order valence-electron chi connectivity index (χ2n) is 6.47. The van der Waals surface area contributed by atoms with Crippen molar-refractivity contribution in [3.63, 3.8) is 0 Å². The average Bonchev–Trinajstić information content (AvgIpc) is 3.03. The SMILES string of the molecule is CCCn1cnc2sc3c(c2c1=O)CCN(S(=O)(=O)c1ccc(F)cc1)C3. The molecule has 3 aromatic rings. The molecule has 0 spiro atoms. The van der Waals surface area contributed by atoms with Gasteiger partial charge in [0.2, 0.25) is 10.0 Å². The minimum Gasteiger partial charge on any atom is -0.299 e. The number of thiophene rings is 1. The van der Waals surface area contributed by atoms with Gasteiger partial charge in [-0.3, -0.25) is 9.36 Å². The normalized spacial score (nSPS) is 15.2. The van der Waals surface area contributed by atoms with E-state index in [0.29, 0.717) is 23.2 Å². The molecule has 0 N–H and O–H groups in total. The van der Waals surface area contributed by atoms with Crippen molar-refractivity contribution in [2.24, 2.45) is 0 Å². The summed E-state index contributed by atoms with van der Waals surface area (Å²) in [5, 5.41) is 0.616. The number of sulfonamides is 1. The molecule has 0 saturated heterocycles. The highest BCUT2D eigenvalue weighted by atomic mass is 32.2. The first-order valence-electron chi connectivity index (χ1n) is 8.67. The predicted octanol–water partition coefficient (Wildman–Crippen LogP) is 2.75. The number of benzene rings is 1. The summed E-state index contributed by atoms with van der Waals surface area (Å²) in [4.78, 5) is 18.7. The largest absolute Gasteiger partial charge is 0.299 e. The van der Waals surface area contributed by atoms with Gasteiger partial charge >= 0.3 is 0 Å². The van der Waals surface area contributed by atoms with E-state index in [1.54, 1.807) is 10.9 Å². The van der Waals surface area contributed by atoms with E-state index in [9.17, 15) is 17.6 Å². The van der Waals surface area contributed by atoms with Crippen molar-refractivity contribution in [1.82, 2.24) is 13.9 Å². The van der Waals surface area contributed by atoms with Crippen LogP contribution in [0.25, 0.3) is 10.2 Å². The van der Waals surface area contributed by atoms with E-state index in [-0.39, 0.29) is 23.5 Å². The molecule has 0 amide bonds. The van der Waals surface area contributed by atoms with Crippen LogP contribution in [0.15, 0.2) is 40.3 Å². The van der Waals surface area contributed by atoms with Crippen molar-refractivity contribution in [3.05, 3.63) is 57.2 Å². The van der Waals surface area contributed by atoms with Crippen molar-refractivity contribution in [1.29, 1.82) is 0 Å². The van der Waals surface area contributed by atoms with Gasteiger partial charge < -0.3 is 0 Å². The van der Waals surface area contributed by atoms with E-state index in [1.807, 2.05) is 6.92 Å². The third-order valence-corrected chi connectivity index (χ3v) is 7.69. The number of rotatable bonds is 4. The van der Waals surface area contributed by atoms with Crippen LogP contribution in [0.4, 0.5) is 4.39 Å². The molecular formula is C18H18FN3O3S2. The number of fused-ring (bicyclic) bond motifs is 3. The van der Waals surface area contributed by atoms with Crippen molar-refractivity contribution in [2.75, 3.05) is 6.54 Å². The molecule has 3 heterocycles. The molecule has 6 nitrogen and oxygen atoms in total. The van der Waals surface area contributed by atoms with E-state index >= 15 is 0 Å². The fourth-order valence-corrected chi connectivity index (χ4v) is 6.04. The molecule has 27 heavy (non-hydrogen) atoms. The van der Waals surface area contributed by atoms with Crippen molar-refractivity contribution in [3.8, 4) is 0 Å². The van der Waals surface area contributed by atoms with Gasteiger partial charge in [-0.1, -0.05) is 6.92 Å². The quantitative estimate of drug-likeness (QED) is 0.667. The summed E-state index contributed by atoms with van der Waals surface area (Å²) in [6, 6.07) is 4.83. The van der Waals surface area contributed by atoms with Gasteiger partial charge in [0.05, 0.1) is 16.6 Å². The van der Waals surface area contributed by atoms with Gasteiger partial charge in [0.15, 0.2) is 0 Å². The lowest BCUT2D eigenvalue weighted by atomic mass is 10.1. The molecule has 0 radical (unpaired) electrons. The van der Waals surface area contributed by atoms with Gasteiger partial charge in [-0.2, -0.15) is 4.31 Å². The Hall–Kier alpha value is -2.10. The van der Waals surface area contributed by atoms with E-state index in [1.165, 1.54) is 27.8 Å². The lowest BCUT2D eigenvalue weighted by Gasteiger charge is -2.26. The molecule has 142 valence electrons. The summed E-state index contributed by atoms with van der Waals surface area (Å²) in [5.41, 5.74) is 0.845. The molecule has 1 aliphatic rings. The molecule has 1 aromatic carbocycles. The van der Waals surface area contributed by atoms with Gasteiger partial charge in [-0.25, -0.2) is 17.8 Å². The van der Waals surface area contributed by atoms with Gasteiger partial charge in [0.25, 0.3) is 5.56 Å². The smallest absolute Gasteiger partial charge is 0.262 e. The van der Waals surface area contributed by atoms with Crippen molar-refractivity contribution < 1.29 is 12.8 Å². The lowest BCUT2D eigenvalue weighted by Crippen LogP contribution is -2.35. The maximum Gasteiger partial charge on any atom is 0.262 e. The Kier molecular flexibility index (Phi) is 4.61. The number of aromatic nitrogens is 2. The highest BCUT2D eigenvalue weighted by molar-refractivity contribution is 7.89. The number of hydrogen-bond donors (Lipinski definition) is 0. The Morgan fingerprint density at radius 3 is 2.70 bits per heavy atom. The summed E-state index contributed by atoms with van der Waals surface area (Å²) in [6.07, 6.45) is 2.86. The second-order valence-corrected chi connectivity index (χ2v) is 9.49. The van der Waals surface area contributed by atoms with Gasteiger partial charge in [-0.05, 0) is 42.7 Å². The minimum absolute atomic E-state index is 0.0609. The summed E-state index contributed by atoms with van der Waals surface area (Å²) < 4.78 is 41.8. The van der Waals surface area contributed by atoms with Crippen LogP contribution >= 0.6 is 11.3 Å². The maximum atomic E-state index is 13.1. The fourth-order valence-electron chi connectivity index (χ4n) is 3.36. The molecule has 0 fully saturated rings. The summed E-state index contributed by atoms with van der Waals surface area (Å²) in [6.45, 7) is 3.08. The summed E-state index contributed by atoms with van der Waals surface area (Å²) in [7, 11) is -3.72. The highest BCUT2D eigenvalue weighted by Gasteiger charge is 2.31. The molecule has 9 heteroatoms. The first-order valence-corrected chi connectivity index (χ1v) is 10.9. The summed E-state index contributed by atoms with van der Waals surface area (Å²) >= 11 is 1.37.